The van der Waals surface area contributed by atoms with Crippen LogP contribution < -0.4 is 37.6 Å². The zero-order valence-electron chi connectivity index (χ0n) is 29.1. The lowest BCUT2D eigenvalue weighted by atomic mass is 10.0. The summed E-state index contributed by atoms with van der Waals surface area (Å²) in [5.41, 5.74) is 7.55. The third-order valence-corrected chi connectivity index (χ3v) is 8.08. The van der Waals surface area contributed by atoms with E-state index in [2.05, 4.69) is 31.9 Å². The van der Waals surface area contributed by atoms with Crippen molar-refractivity contribution in [3.05, 3.63) is 108 Å². The van der Waals surface area contributed by atoms with Crippen molar-refractivity contribution in [3.63, 3.8) is 0 Å². The van der Waals surface area contributed by atoms with Crippen molar-refractivity contribution >= 4 is 41.4 Å². The van der Waals surface area contributed by atoms with E-state index in [0.717, 1.165) is 0 Å². The molecule has 5 atom stereocenters. The monoisotopic (exact) mass is 731 g/mol. The van der Waals surface area contributed by atoms with E-state index < -0.39 is 91.2 Å². The summed E-state index contributed by atoms with van der Waals surface area (Å²) in [6.45, 7) is -1.46. The molecule has 0 aliphatic carbocycles. The molecule has 0 unspecified atom stereocenters. The van der Waals surface area contributed by atoms with Crippen LogP contribution in [0.5, 0.6) is 0 Å². The number of carboxylic acid groups (broad SMARTS) is 1. The Morgan fingerprint density at radius 3 is 1.40 bits per heavy atom. The largest absolute Gasteiger partial charge is 0.481 e. The Hall–Kier alpha value is -6.13. The molecular formula is C37H45N7O9. The van der Waals surface area contributed by atoms with E-state index in [1.165, 1.54) is 7.05 Å². The molecule has 16 heteroatoms. The number of likely N-dealkylation sites (N-methyl/N-ethyl adjacent to an activating group) is 1. The molecule has 0 heterocycles. The summed E-state index contributed by atoms with van der Waals surface area (Å²) in [5, 5.41) is 34.2. The molecule has 0 fully saturated rings. The van der Waals surface area contributed by atoms with Crippen LogP contribution in [0.2, 0.25) is 0 Å². The van der Waals surface area contributed by atoms with E-state index in [4.69, 9.17) is 10.8 Å². The first-order valence-corrected chi connectivity index (χ1v) is 16.8. The number of carbonyl (C=O) groups excluding carboxylic acids is 6. The number of rotatable bonds is 21. The molecule has 3 rings (SSSR count). The van der Waals surface area contributed by atoms with E-state index >= 15 is 0 Å². The maximum absolute atomic E-state index is 13.5. The molecule has 3 aromatic carbocycles. The Morgan fingerprint density at radius 1 is 0.566 bits per heavy atom. The van der Waals surface area contributed by atoms with Crippen LogP contribution in [0.25, 0.3) is 0 Å². The van der Waals surface area contributed by atoms with Gasteiger partial charge in [-0.1, -0.05) is 91.0 Å². The molecule has 3 aromatic rings. The van der Waals surface area contributed by atoms with Crippen molar-refractivity contribution in [2.24, 2.45) is 5.73 Å². The van der Waals surface area contributed by atoms with Crippen molar-refractivity contribution in [3.8, 4) is 0 Å². The van der Waals surface area contributed by atoms with Gasteiger partial charge in [-0.3, -0.25) is 33.6 Å². The summed E-state index contributed by atoms with van der Waals surface area (Å²) in [6.07, 6.45) is -0.477. The second kappa shape index (κ2) is 21.3. The molecule has 0 spiro atoms. The average Bonchev–Trinajstić information content (AvgIpc) is 3.15. The first-order valence-electron chi connectivity index (χ1n) is 16.8. The lowest BCUT2D eigenvalue weighted by Crippen LogP contribution is -2.59. The number of benzene rings is 3. The van der Waals surface area contributed by atoms with Crippen LogP contribution in [-0.2, 0) is 52.8 Å². The fraction of sp³-hybridized carbons (Fsp3) is 0.324. The van der Waals surface area contributed by atoms with Crippen LogP contribution in [-0.4, -0.2) is 102 Å². The molecule has 6 amide bonds. The van der Waals surface area contributed by atoms with Gasteiger partial charge < -0.3 is 47.8 Å². The number of carboxylic acids is 1. The van der Waals surface area contributed by atoms with Gasteiger partial charge in [0.15, 0.2) is 0 Å². The minimum atomic E-state index is -1.51. The molecule has 0 aliphatic rings. The molecule has 0 aromatic heterocycles. The Labute approximate surface area is 306 Å². The lowest BCUT2D eigenvalue weighted by Gasteiger charge is -2.24. The highest BCUT2D eigenvalue weighted by atomic mass is 16.4. The van der Waals surface area contributed by atoms with Crippen LogP contribution in [0.3, 0.4) is 0 Å². The maximum Gasteiger partial charge on any atom is 0.305 e. The number of aliphatic hydroxyl groups excluding tert-OH is 1. The van der Waals surface area contributed by atoms with E-state index in [-0.39, 0.29) is 19.3 Å². The van der Waals surface area contributed by atoms with Crippen molar-refractivity contribution in [1.29, 1.82) is 0 Å². The van der Waals surface area contributed by atoms with Crippen molar-refractivity contribution < 1.29 is 43.8 Å². The molecule has 53 heavy (non-hydrogen) atoms. The number of amides is 6. The highest BCUT2D eigenvalue weighted by Crippen LogP contribution is 2.07. The summed E-state index contributed by atoms with van der Waals surface area (Å²) in [4.78, 5) is 89.3. The van der Waals surface area contributed by atoms with Crippen LogP contribution in [0.15, 0.2) is 91.0 Å². The number of aliphatic carboxylic acids is 1. The van der Waals surface area contributed by atoms with Gasteiger partial charge in [-0.15, -0.1) is 0 Å². The summed E-state index contributed by atoms with van der Waals surface area (Å²) >= 11 is 0. The standard InChI is InChI=1S/C37H45N7O9/c1-39-27(20-32(47)48)35(51)43-28(18-24-13-7-3-8-14-24)34(50)40-21-31(46)41-29(19-25-15-9-4-10-16-25)36(52)44-30(22-45)37(53)42-26(33(38)49)17-23-11-5-2-6-12-23/h2-16,26-30,39,45H,17-22H2,1H3,(H2,38,49)(H,40,50)(H,41,46)(H,42,53)(H,43,51)(H,44,52)(H,47,48)/t26-,27-,28-,29-,30-/m0/s1. The molecular weight excluding hydrogens is 686 g/mol. The van der Waals surface area contributed by atoms with E-state index in [9.17, 15) is 38.7 Å². The number of aliphatic hydroxyl groups is 1. The van der Waals surface area contributed by atoms with Gasteiger partial charge in [0.25, 0.3) is 0 Å². The van der Waals surface area contributed by atoms with Crippen molar-refractivity contribution in [2.45, 2.75) is 55.9 Å². The Morgan fingerprint density at radius 2 is 0.962 bits per heavy atom. The maximum atomic E-state index is 13.5. The van der Waals surface area contributed by atoms with Crippen molar-refractivity contribution in [1.82, 2.24) is 31.9 Å². The Balaban J connectivity index is 1.70. The second-order valence-electron chi connectivity index (χ2n) is 12.1. The van der Waals surface area contributed by atoms with Gasteiger partial charge in [0.1, 0.15) is 24.2 Å². The Bertz CT molecular complexity index is 1690. The highest BCUT2D eigenvalue weighted by molar-refractivity contribution is 5.96. The molecule has 10 N–H and O–H groups in total. The van der Waals surface area contributed by atoms with Gasteiger partial charge in [-0.2, -0.15) is 0 Å². The van der Waals surface area contributed by atoms with Crippen molar-refractivity contribution in [2.75, 3.05) is 20.2 Å². The van der Waals surface area contributed by atoms with E-state index in [0.29, 0.717) is 16.7 Å². The fourth-order valence-electron chi connectivity index (χ4n) is 5.24. The van der Waals surface area contributed by atoms with Crippen LogP contribution in [0, 0.1) is 0 Å². The minimum Gasteiger partial charge on any atom is -0.481 e. The number of primary amides is 1. The summed E-state index contributed by atoms with van der Waals surface area (Å²) in [7, 11) is 1.41. The third-order valence-electron chi connectivity index (χ3n) is 8.08. The highest BCUT2D eigenvalue weighted by Gasteiger charge is 2.30. The number of hydrogen-bond acceptors (Lipinski definition) is 9. The SMILES string of the molecule is CN[C@@H](CC(=O)O)C(=O)N[C@@H](Cc1ccccc1)C(=O)NCC(=O)N[C@@H](Cc1ccccc1)C(=O)N[C@@H](CO)C(=O)N[C@@H](Cc1ccccc1)C(N)=O. The van der Waals surface area contributed by atoms with Gasteiger partial charge in [0, 0.05) is 19.3 Å². The zero-order chi connectivity index (χ0) is 38.8. The van der Waals surface area contributed by atoms with Crippen LogP contribution >= 0.6 is 0 Å². The number of nitrogens with one attached hydrogen (secondary N) is 6. The number of hydrogen-bond donors (Lipinski definition) is 9. The normalized spacial score (nSPS) is 13.5. The van der Waals surface area contributed by atoms with Gasteiger partial charge in [-0.25, -0.2) is 0 Å². The summed E-state index contributed by atoms with van der Waals surface area (Å²) in [6, 6.07) is 19.9. The first-order chi connectivity index (χ1) is 25.4. The van der Waals surface area contributed by atoms with Gasteiger partial charge in [0.05, 0.1) is 25.6 Å². The lowest BCUT2D eigenvalue weighted by molar-refractivity contribution is -0.140. The minimum absolute atomic E-state index is 0.0230. The molecule has 0 aliphatic heterocycles. The molecule has 0 bridgehead atoms. The number of carbonyl (C=O) groups is 7. The van der Waals surface area contributed by atoms with E-state index in [1.54, 1.807) is 91.0 Å². The van der Waals surface area contributed by atoms with Gasteiger partial charge >= 0.3 is 5.97 Å². The third kappa shape index (κ3) is 14.2. The summed E-state index contributed by atoms with van der Waals surface area (Å²) < 4.78 is 0. The topological polar surface area (TPSA) is 258 Å². The summed E-state index contributed by atoms with van der Waals surface area (Å²) in [5.74, 6) is -6.05. The van der Waals surface area contributed by atoms with Gasteiger partial charge in [-0.05, 0) is 23.7 Å². The van der Waals surface area contributed by atoms with Gasteiger partial charge in [0.2, 0.25) is 35.4 Å². The average molecular weight is 732 g/mol. The predicted octanol–water partition coefficient (Wildman–Crippen LogP) is -1.69. The van der Waals surface area contributed by atoms with Crippen LogP contribution in [0.4, 0.5) is 0 Å². The van der Waals surface area contributed by atoms with Crippen LogP contribution in [0.1, 0.15) is 23.1 Å². The smallest absolute Gasteiger partial charge is 0.305 e. The molecule has 0 saturated heterocycles. The molecule has 0 saturated carbocycles. The predicted molar refractivity (Wildman–Crippen MR) is 193 cm³/mol. The number of nitrogens with two attached hydrogens (primary N) is 1. The molecule has 16 nitrogen and oxygen atoms in total. The first kappa shape index (κ1) is 41.3. The zero-order valence-corrected chi connectivity index (χ0v) is 29.1. The molecule has 0 radical (unpaired) electrons. The second-order valence-corrected chi connectivity index (χ2v) is 12.1. The molecule has 282 valence electrons. The van der Waals surface area contributed by atoms with E-state index in [1.807, 2.05) is 0 Å². The Kier molecular flexibility index (Phi) is 16.6. The fourth-order valence-corrected chi connectivity index (χ4v) is 5.24. The quantitative estimate of drug-likeness (QED) is 0.0601.